The van der Waals surface area contributed by atoms with Crippen molar-refractivity contribution in [1.29, 1.82) is 0 Å². The van der Waals surface area contributed by atoms with Crippen LogP contribution in [0.3, 0.4) is 0 Å². The molecule has 0 aromatic carbocycles. The van der Waals surface area contributed by atoms with Gasteiger partial charge in [0.25, 0.3) is 0 Å². The molecule has 1 aliphatic heterocycles. The minimum atomic E-state index is 0.854. The van der Waals surface area contributed by atoms with Crippen molar-refractivity contribution < 1.29 is 0 Å². The Bertz CT molecular complexity index is 222. The molecule has 4 fully saturated rings. The molecule has 2 nitrogen and oxygen atoms in total. The second-order valence-electron chi connectivity index (χ2n) is 5.02. The summed E-state index contributed by atoms with van der Waals surface area (Å²) in [6.45, 7) is 2.39. The Hall–Kier alpha value is -0.0800. The Balaban J connectivity index is 1.71. The smallest absolute Gasteiger partial charge is 0.0258 e. The number of rotatable bonds is 0. The Morgan fingerprint density at radius 1 is 0.750 bits per heavy atom. The highest BCUT2D eigenvalue weighted by Gasteiger charge is 2.69. The summed E-state index contributed by atoms with van der Waals surface area (Å²) in [6, 6.07) is 1.72. The van der Waals surface area contributed by atoms with Crippen molar-refractivity contribution in [3.8, 4) is 0 Å². The molecule has 1 heterocycles. The maximum Gasteiger partial charge on any atom is 0.0258 e. The molecular weight excluding hydrogens is 148 g/mol. The first kappa shape index (κ1) is 6.39. The van der Waals surface area contributed by atoms with Gasteiger partial charge in [0, 0.05) is 25.2 Å². The average Bonchev–Trinajstić information content (AvgIpc) is 2.57. The third-order valence-corrected chi connectivity index (χ3v) is 4.77. The van der Waals surface area contributed by atoms with Crippen LogP contribution < -0.4 is 10.6 Å². The molecule has 6 atom stereocenters. The highest BCUT2D eigenvalue weighted by molar-refractivity contribution is 5.22. The van der Waals surface area contributed by atoms with E-state index in [9.17, 15) is 0 Å². The summed E-state index contributed by atoms with van der Waals surface area (Å²) >= 11 is 0. The van der Waals surface area contributed by atoms with Gasteiger partial charge in [-0.3, -0.25) is 0 Å². The lowest BCUT2D eigenvalue weighted by molar-refractivity contribution is 0.277. The van der Waals surface area contributed by atoms with Crippen LogP contribution in [0.5, 0.6) is 0 Å². The van der Waals surface area contributed by atoms with Crippen LogP contribution in [0.15, 0.2) is 0 Å². The molecule has 1 saturated heterocycles. The minimum absolute atomic E-state index is 0.854. The fourth-order valence-corrected chi connectivity index (χ4v) is 4.44. The number of hydrogen-bond donors (Lipinski definition) is 2. The molecule has 0 bridgehead atoms. The van der Waals surface area contributed by atoms with E-state index in [-0.39, 0.29) is 0 Å². The predicted molar refractivity (Wildman–Crippen MR) is 46.8 cm³/mol. The Labute approximate surface area is 73.1 Å². The molecule has 2 N–H and O–H groups in total. The summed E-state index contributed by atoms with van der Waals surface area (Å²) in [6.07, 6.45) is 3.05. The van der Waals surface area contributed by atoms with Crippen LogP contribution in [0, 0.1) is 23.7 Å². The second-order valence-corrected chi connectivity index (χ2v) is 5.02. The van der Waals surface area contributed by atoms with Crippen molar-refractivity contribution in [2.24, 2.45) is 23.7 Å². The number of nitrogens with one attached hydrogen (secondary N) is 2. The lowest BCUT2D eigenvalue weighted by Crippen LogP contribution is -2.56. The summed E-state index contributed by atoms with van der Waals surface area (Å²) in [5, 5.41) is 7.42. The van der Waals surface area contributed by atoms with Gasteiger partial charge in [0.15, 0.2) is 0 Å². The Kier molecular flexibility index (Phi) is 0.999. The first-order chi connectivity index (χ1) is 5.97. The van der Waals surface area contributed by atoms with Gasteiger partial charge in [-0.2, -0.15) is 0 Å². The molecule has 0 amide bonds. The highest BCUT2D eigenvalue weighted by atomic mass is 15.1. The SMILES string of the molecule is C1CNC2C(N1)C1CCC3C1C32. The zero-order valence-corrected chi connectivity index (χ0v) is 7.29. The quantitative estimate of drug-likeness (QED) is 0.534. The van der Waals surface area contributed by atoms with Crippen molar-refractivity contribution >= 4 is 0 Å². The monoisotopic (exact) mass is 164 g/mol. The van der Waals surface area contributed by atoms with E-state index >= 15 is 0 Å². The average molecular weight is 164 g/mol. The highest BCUT2D eigenvalue weighted by Crippen LogP contribution is 2.68. The van der Waals surface area contributed by atoms with Gasteiger partial charge in [-0.15, -0.1) is 0 Å². The fraction of sp³-hybridized carbons (Fsp3) is 1.00. The third-order valence-electron chi connectivity index (χ3n) is 4.77. The van der Waals surface area contributed by atoms with Crippen molar-refractivity contribution in [3.63, 3.8) is 0 Å². The van der Waals surface area contributed by atoms with E-state index in [2.05, 4.69) is 10.6 Å². The first-order valence-electron chi connectivity index (χ1n) is 5.43. The van der Waals surface area contributed by atoms with Gasteiger partial charge in [-0.05, 0) is 36.5 Å². The Morgan fingerprint density at radius 3 is 2.42 bits per heavy atom. The summed E-state index contributed by atoms with van der Waals surface area (Å²) in [7, 11) is 0. The lowest BCUT2D eigenvalue weighted by atomic mass is 9.96. The maximum absolute atomic E-state index is 3.71. The molecule has 6 unspecified atom stereocenters. The van der Waals surface area contributed by atoms with Gasteiger partial charge in [0.2, 0.25) is 0 Å². The van der Waals surface area contributed by atoms with E-state index in [0.29, 0.717) is 0 Å². The van der Waals surface area contributed by atoms with Crippen LogP contribution in [0.1, 0.15) is 12.8 Å². The molecule has 4 aliphatic rings. The molecule has 0 radical (unpaired) electrons. The molecular formula is C10H16N2. The predicted octanol–water partition coefficient (Wildman–Crippen LogP) is 0.202. The summed E-state index contributed by atoms with van der Waals surface area (Å²) in [4.78, 5) is 0. The van der Waals surface area contributed by atoms with E-state index in [1.165, 1.54) is 25.9 Å². The van der Waals surface area contributed by atoms with E-state index < -0.39 is 0 Å². The van der Waals surface area contributed by atoms with Crippen LogP contribution in [-0.4, -0.2) is 25.2 Å². The zero-order valence-electron chi connectivity index (χ0n) is 7.29. The van der Waals surface area contributed by atoms with E-state index in [4.69, 9.17) is 0 Å². The summed E-state index contributed by atoms with van der Waals surface area (Å²) < 4.78 is 0. The van der Waals surface area contributed by atoms with Crippen molar-refractivity contribution in [2.75, 3.05) is 13.1 Å². The third kappa shape index (κ3) is 0.549. The standard InChI is InChI=1S/C10H16N2/c1-2-6-7-5(1)8(7)10-9(6)11-3-4-12-10/h5-12H,1-4H2. The van der Waals surface area contributed by atoms with Gasteiger partial charge < -0.3 is 10.6 Å². The second kappa shape index (κ2) is 1.88. The number of piperazine rings is 1. The zero-order chi connectivity index (χ0) is 7.71. The number of fused-ring (bicyclic) bond motifs is 4. The first-order valence-corrected chi connectivity index (χ1v) is 5.43. The molecule has 4 rings (SSSR count). The number of hydrogen-bond acceptors (Lipinski definition) is 2. The van der Waals surface area contributed by atoms with Crippen molar-refractivity contribution in [1.82, 2.24) is 10.6 Å². The normalized spacial score (nSPS) is 66.0. The molecule has 2 heteroatoms. The molecule has 0 aromatic heterocycles. The Morgan fingerprint density at radius 2 is 1.50 bits per heavy atom. The maximum atomic E-state index is 3.71. The van der Waals surface area contributed by atoms with Crippen LogP contribution in [-0.2, 0) is 0 Å². The molecule has 0 spiro atoms. The van der Waals surface area contributed by atoms with E-state index in [1.54, 1.807) is 0 Å². The molecule has 66 valence electrons. The van der Waals surface area contributed by atoms with E-state index in [0.717, 1.165) is 35.8 Å². The molecule has 3 aliphatic carbocycles. The van der Waals surface area contributed by atoms with Crippen LogP contribution in [0.2, 0.25) is 0 Å². The molecule has 3 saturated carbocycles. The van der Waals surface area contributed by atoms with Gasteiger partial charge >= 0.3 is 0 Å². The van der Waals surface area contributed by atoms with Gasteiger partial charge in [-0.25, -0.2) is 0 Å². The van der Waals surface area contributed by atoms with Gasteiger partial charge in [-0.1, -0.05) is 0 Å². The summed E-state index contributed by atoms with van der Waals surface area (Å²) in [5.74, 6) is 4.42. The van der Waals surface area contributed by atoms with Gasteiger partial charge in [0.1, 0.15) is 0 Å². The van der Waals surface area contributed by atoms with Crippen LogP contribution in [0.25, 0.3) is 0 Å². The van der Waals surface area contributed by atoms with Crippen LogP contribution in [0.4, 0.5) is 0 Å². The molecule has 12 heavy (non-hydrogen) atoms. The van der Waals surface area contributed by atoms with Crippen molar-refractivity contribution in [2.45, 2.75) is 24.9 Å². The van der Waals surface area contributed by atoms with Crippen molar-refractivity contribution in [3.05, 3.63) is 0 Å². The summed E-state index contributed by atoms with van der Waals surface area (Å²) in [5.41, 5.74) is 0. The largest absolute Gasteiger partial charge is 0.311 e. The molecule has 0 aromatic rings. The van der Waals surface area contributed by atoms with Gasteiger partial charge in [0.05, 0.1) is 0 Å². The van der Waals surface area contributed by atoms with E-state index in [1.807, 2.05) is 0 Å². The minimum Gasteiger partial charge on any atom is -0.311 e. The fourth-order valence-electron chi connectivity index (χ4n) is 4.44. The van der Waals surface area contributed by atoms with Crippen LogP contribution >= 0.6 is 0 Å². The lowest BCUT2D eigenvalue weighted by Gasteiger charge is -2.33. The topological polar surface area (TPSA) is 24.1 Å².